The van der Waals surface area contributed by atoms with Crippen LogP contribution in [0.1, 0.15) is 47.4 Å². The maximum Gasteiger partial charge on any atom is 0.273 e. The summed E-state index contributed by atoms with van der Waals surface area (Å²) in [6.45, 7) is 7.91. The van der Waals surface area contributed by atoms with Crippen molar-refractivity contribution in [1.82, 2.24) is 15.4 Å². The van der Waals surface area contributed by atoms with E-state index in [1.54, 1.807) is 13.2 Å². The molecule has 1 N–H and O–H groups in total. The highest BCUT2D eigenvalue weighted by Crippen LogP contribution is 2.25. The molecule has 2 heterocycles. The minimum absolute atomic E-state index is 0.0621. The van der Waals surface area contributed by atoms with Crippen LogP contribution in [-0.4, -0.2) is 55.9 Å². The highest BCUT2D eigenvalue weighted by molar-refractivity contribution is 5.93. The molecular formula is C26H31N3O4. The molecule has 1 aromatic heterocycles. The summed E-state index contributed by atoms with van der Waals surface area (Å²) in [5.41, 5.74) is 3.58. The Labute approximate surface area is 194 Å². The van der Waals surface area contributed by atoms with E-state index in [0.717, 1.165) is 24.4 Å². The molecule has 2 aromatic carbocycles. The molecule has 7 heteroatoms. The van der Waals surface area contributed by atoms with Gasteiger partial charge in [0.2, 0.25) is 0 Å². The first kappa shape index (κ1) is 23.0. The van der Waals surface area contributed by atoms with E-state index >= 15 is 0 Å². The van der Waals surface area contributed by atoms with Crippen LogP contribution < -0.4 is 10.1 Å². The fourth-order valence-corrected chi connectivity index (χ4v) is 4.00. The van der Waals surface area contributed by atoms with Gasteiger partial charge in [0, 0.05) is 31.3 Å². The van der Waals surface area contributed by atoms with E-state index < -0.39 is 0 Å². The summed E-state index contributed by atoms with van der Waals surface area (Å²) in [6.07, 6.45) is 0. The smallest absolute Gasteiger partial charge is 0.273 e. The van der Waals surface area contributed by atoms with Crippen molar-refractivity contribution in [3.8, 4) is 17.1 Å². The predicted molar refractivity (Wildman–Crippen MR) is 126 cm³/mol. The number of ether oxygens (including phenoxy) is 2. The van der Waals surface area contributed by atoms with Crippen LogP contribution in [0.15, 0.2) is 59.1 Å². The van der Waals surface area contributed by atoms with Crippen LogP contribution in [0.5, 0.6) is 5.75 Å². The largest absolute Gasteiger partial charge is 0.497 e. The van der Waals surface area contributed by atoms with Crippen LogP contribution in [0.4, 0.5) is 0 Å². The summed E-state index contributed by atoms with van der Waals surface area (Å²) >= 11 is 0. The van der Waals surface area contributed by atoms with Gasteiger partial charge in [-0.3, -0.25) is 9.69 Å². The molecule has 1 unspecified atom stereocenters. The maximum atomic E-state index is 12.9. The zero-order valence-corrected chi connectivity index (χ0v) is 19.4. The van der Waals surface area contributed by atoms with Crippen LogP contribution in [0, 0.1) is 0 Å². The fourth-order valence-electron chi connectivity index (χ4n) is 4.00. The number of nitrogens with one attached hydrogen (secondary N) is 1. The van der Waals surface area contributed by atoms with Crippen molar-refractivity contribution in [1.29, 1.82) is 0 Å². The quantitative estimate of drug-likeness (QED) is 0.553. The first-order chi connectivity index (χ1) is 16.0. The van der Waals surface area contributed by atoms with Gasteiger partial charge in [-0.2, -0.15) is 0 Å². The van der Waals surface area contributed by atoms with Gasteiger partial charge in [-0.25, -0.2) is 0 Å². The van der Waals surface area contributed by atoms with Crippen molar-refractivity contribution < 1.29 is 18.8 Å². The molecule has 1 amide bonds. The Balaban J connectivity index is 1.45. The zero-order valence-electron chi connectivity index (χ0n) is 19.4. The van der Waals surface area contributed by atoms with E-state index in [-0.39, 0.29) is 17.6 Å². The van der Waals surface area contributed by atoms with Gasteiger partial charge in [-0.15, -0.1) is 0 Å². The molecular weight excluding hydrogens is 418 g/mol. The third-order valence-electron chi connectivity index (χ3n) is 6.05. The lowest BCUT2D eigenvalue weighted by Gasteiger charge is -2.35. The summed E-state index contributed by atoms with van der Waals surface area (Å²) < 4.78 is 16.1. The average molecular weight is 450 g/mol. The third-order valence-corrected chi connectivity index (χ3v) is 6.05. The SMILES string of the molecule is COc1ccc(-c2cc(C(=O)NCC(c3ccc(C(C)C)cc3)N3CCOCC3)no2)cc1. The lowest BCUT2D eigenvalue weighted by molar-refractivity contribution is 0.0162. The number of benzene rings is 2. The van der Waals surface area contributed by atoms with Crippen LogP contribution >= 0.6 is 0 Å². The summed E-state index contributed by atoms with van der Waals surface area (Å²) in [7, 11) is 1.62. The van der Waals surface area contributed by atoms with Crippen molar-refractivity contribution in [2.75, 3.05) is 40.0 Å². The number of hydrogen-bond donors (Lipinski definition) is 1. The van der Waals surface area contributed by atoms with E-state index in [4.69, 9.17) is 14.0 Å². The number of rotatable bonds is 8. The van der Waals surface area contributed by atoms with Crippen LogP contribution in [0.2, 0.25) is 0 Å². The number of aromatic nitrogens is 1. The second-order valence-corrected chi connectivity index (χ2v) is 8.50. The number of methoxy groups -OCH3 is 1. The summed E-state index contributed by atoms with van der Waals surface area (Å²) in [4.78, 5) is 15.2. The Bertz CT molecular complexity index is 1040. The molecule has 0 spiro atoms. The first-order valence-corrected chi connectivity index (χ1v) is 11.4. The average Bonchev–Trinajstić information content (AvgIpc) is 3.35. The van der Waals surface area contributed by atoms with Gasteiger partial charge < -0.3 is 19.3 Å². The topological polar surface area (TPSA) is 76.8 Å². The summed E-state index contributed by atoms with van der Waals surface area (Å²) in [5.74, 6) is 1.52. The van der Waals surface area contributed by atoms with Gasteiger partial charge in [0.25, 0.3) is 5.91 Å². The van der Waals surface area contributed by atoms with Gasteiger partial charge in [-0.05, 0) is 41.3 Å². The van der Waals surface area contributed by atoms with E-state index in [1.807, 2.05) is 24.3 Å². The molecule has 0 radical (unpaired) electrons. The molecule has 1 aliphatic heterocycles. The van der Waals surface area contributed by atoms with Gasteiger partial charge >= 0.3 is 0 Å². The molecule has 7 nitrogen and oxygen atoms in total. The molecule has 3 aromatic rings. The minimum Gasteiger partial charge on any atom is -0.497 e. The van der Waals surface area contributed by atoms with Crippen molar-refractivity contribution in [3.63, 3.8) is 0 Å². The Morgan fingerprint density at radius 3 is 2.36 bits per heavy atom. The van der Waals surface area contributed by atoms with Gasteiger partial charge in [0.05, 0.1) is 26.4 Å². The Hall–Kier alpha value is -3.16. The third kappa shape index (κ3) is 5.61. The molecule has 1 atom stereocenters. The second kappa shape index (κ2) is 10.6. The van der Waals surface area contributed by atoms with Gasteiger partial charge in [0.15, 0.2) is 11.5 Å². The Morgan fingerprint density at radius 1 is 1.06 bits per heavy atom. The van der Waals surface area contributed by atoms with Crippen molar-refractivity contribution in [3.05, 3.63) is 71.4 Å². The molecule has 33 heavy (non-hydrogen) atoms. The maximum absolute atomic E-state index is 12.9. The van der Waals surface area contributed by atoms with Gasteiger partial charge in [0.1, 0.15) is 5.75 Å². The van der Waals surface area contributed by atoms with Crippen molar-refractivity contribution in [2.45, 2.75) is 25.8 Å². The monoisotopic (exact) mass is 449 g/mol. The Morgan fingerprint density at radius 2 is 1.73 bits per heavy atom. The van der Waals surface area contributed by atoms with Gasteiger partial charge in [-0.1, -0.05) is 43.3 Å². The number of morpholine rings is 1. The number of carbonyl (C=O) groups excluding carboxylic acids is 1. The highest BCUT2D eigenvalue weighted by atomic mass is 16.5. The highest BCUT2D eigenvalue weighted by Gasteiger charge is 2.24. The van der Waals surface area contributed by atoms with Crippen molar-refractivity contribution >= 4 is 5.91 Å². The summed E-state index contributed by atoms with van der Waals surface area (Å²) in [5, 5.41) is 7.03. The number of carbonyl (C=O) groups is 1. The lowest BCUT2D eigenvalue weighted by Crippen LogP contribution is -2.43. The van der Waals surface area contributed by atoms with Crippen LogP contribution in [-0.2, 0) is 4.74 Å². The lowest BCUT2D eigenvalue weighted by atomic mass is 9.98. The van der Waals surface area contributed by atoms with Crippen LogP contribution in [0.3, 0.4) is 0 Å². The molecule has 0 saturated carbocycles. The van der Waals surface area contributed by atoms with E-state index in [0.29, 0.717) is 31.4 Å². The second-order valence-electron chi connectivity index (χ2n) is 8.50. The number of nitrogens with zero attached hydrogens (tertiary/aromatic N) is 2. The molecule has 0 aliphatic carbocycles. The predicted octanol–water partition coefficient (Wildman–Crippen LogP) is 4.28. The number of hydrogen-bond acceptors (Lipinski definition) is 6. The molecule has 1 saturated heterocycles. The van der Waals surface area contributed by atoms with Crippen molar-refractivity contribution in [2.24, 2.45) is 0 Å². The molecule has 4 rings (SSSR count). The van der Waals surface area contributed by atoms with E-state index in [1.165, 1.54) is 11.1 Å². The minimum atomic E-state index is -0.254. The Kier molecular flexibility index (Phi) is 7.42. The summed E-state index contributed by atoms with van der Waals surface area (Å²) in [6, 6.07) is 17.8. The normalized spacial score (nSPS) is 15.4. The van der Waals surface area contributed by atoms with E-state index in [9.17, 15) is 4.79 Å². The zero-order chi connectivity index (χ0) is 23.2. The van der Waals surface area contributed by atoms with E-state index in [2.05, 4.69) is 53.5 Å². The molecule has 1 fully saturated rings. The first-order valence-electron chi connectivity index (χ1n) is 11.4. The number of amides is 1. The van der Waals surface area contributed by atoms with Crippen LogP contribution in [0.25, 0.3) is 11.3 Å². The molecule has 1 aliphatic rings. The standard InChI is InChI=1S/C26H31N3O4/c1-18(2)19-4-6-20(7-5-19)24(29-12-14-32-15-13-29)17-27-26(30)23-16-25(33-28-23)21-8-10-22(31-3)11-9-21/h4-11,16,18,24H,12-15,17H2,1-3H3,(H,27,30). The molecule has 174 valence electrons. The molecule has 0 bridgehead atoms. The fraction of sp³-hybridized carbons (Fsp3) is 0.385.